The SMILES string of the molecule is CCCCCCCCCCSS(=O)(=O)c1ccc(C)cc1. The van der Waals surface area contributed by atoms with Crippen LogP contribution in [0.15, 0.2) is 29.2 Å². The molecule has 1 aromatic carbocycles. The molecule has 4 heteroatoms. The van der Waals surface area contributed by atoms with E-state index in [1.165, 1.54) is 38.5 Å². The van der Waals surface area contributed by atoms with E-state index in [1.807, 2.05) is 19.1 Å². The van der Waals surface area contributed by atoms with Crippen molar-refractivity contribution in [2.24, 2.45) is 0 Å². The molecule has 2 nitrogen and oxygen atoms in total. The standard InChI is InChI=1S/C17H28O2S2/c1-3-4-5-6-7-8-9-10-15-20-21(18,19)17-13-11-16(2)12-14-17/h11-14H,3-10,15H2,1-2H3. The summed E-state index contributed by atoms with van der Waals surface area (Å²) in [5.41, 5.74) is 1.09. The Kier molecular flexibility index (Phi) is 9.09. The van der Waals surface area contributed by atoms with Gasteiger partial charge in [0.15, 0.2) is 0 Å². The maximum atomic E-state index is 12.1. The Labute approximate surface area is 134 Å². The zero-order valence-corrected chi connectivity index (χ0v) is 14.9. The fourth-order valence-electron chi connectivity index (χ4n) is 2.18. The topological polar surface area (TPSA) is 34.1 Å². The Morgan fingerprint density at radius 2 is 1.38 bits per heavy atom. The van der Waals surface area contributed by atoms with Crippen LogP contribution < -0.4 is 0 Å². The Bertz CT molecular complexity index is 478. The summed E-state index contributed by atoms with van der Waals surface area (Å²) in [6.07, 6.45) is 9.93. The third-order valence-electron chi connectivity index (χ3n) is 3.55. The highest BCUT2D eigenvalue weighted by atomic mass is 33.1. The minimum atomic E-state index is -3.17. The first-order valence-electron chi connectivity index (χ1n) is 8.02. The molecule has 0 saturated carbocycles. The van der Waals surface area contributed by atoms with Crippen molar-refractivity contribution >= 4 is 19.7 Å². The van der Waals surface area contributed by atoms with Crippen molar-refractivity contribution in [3.05, 3.63) is 29.8 Å². The number of hydrogen-bond acceptors (Lipinski definition) is 3. The molecule has 0 spiro atoms. The van der Waals surface area contributed by atoms with E-state index < -0.39 is 8.87 Å². The summed E-state index contributed by atoms with van der Waals surface area (Å²) < 4.78 is 24.2. The van der Waals surface area contributed by atoms with Crippen LogP contribution in [0.2, 0.25) is 0 Å². The zero-order chi connectivity index (χ0) is 15.6. The van der Waals surface area contributed by atoms with E-state index in [9.17, 15) is 8.42 Å². The smallest absolute Gasteiger partial charge is 0.212 e. The number of hydrogen-bond donors (Lipinski definition) is 0. The Morgan fingerprint density at radius 1 is 0.857 bits per heavy atom. The lowest BCUT2D eigenvalue weighted by Crippen LogP contribution is -1.97. The van der Waals surface area contributed by atoms with Crippen molar-refractivity contribution in [1.29, 1.82) is 0 Å². The van der Waals surface area contributed by atoms with Gasteiger partial charge in [0.1, 0.15) is 0 Å². The molecule has 0 bridgehead atoms. The molecule has 0 aliphatic rings. The zero-order valence-electron chi connectivity index (χ0n) is 13.3. The van der Waals surface area contributed by atoms with E-state index in [1.54, 1.807) is 12.1 Å². The predicted molar refractivity (Wildman–Crippen MR) is 93.4 cm³/mol. The second-order valence-corrected chi connectivity index (χ2v) is 9.61. The fraction of sp³-hybridized carbons (Fsp3) is 0.647. The van der Waals surface area contributed by atoms with Gasteiger partial charge in [0.2, 0.25) is 8.87 Å². The average molecular weight is 329 g/mol. The van der Waals surface area contributed by atoms with Crippen molar-refractivity contribution in [2.45, 2.75) is 70.1 Å². The molecule has 1 aromatic rings. The molecule has 0 aliphatic carbocycles. The molecule has 120 valence electrons. The van der Waals surface area contributed by atoms with Crippen LogP contribution in [0.5, 0.6) is 0 Å². The fourth-order valence-corrected chi connectivity index (χ4v) is 5.08. The first-order chi connectivity index (χ1) is 10.1. The molecule has 0 unspecified atom stereocenters. The quantitative estimate of drug-likeness (QED) is 0.394. The summed E-state index contributed by atoms with van der Waals surface area (Å²) in [6, 6.07) is 7.10. The van der Waals surface area contributed by atoms with Gasteiger partial charge in [0.05, 0.1) is 4.90 Å². The lowest BCUT2D eigenvalue weighted by molar-refractivity contribution is 0.586. The van der Waals surface area contributed by atoms with E-state index in [0.717, 1.165) is 29.2 Å². The summed E-state index contributed by atoms with van der Waals surface area (Å²) in [4.78, 5) is 0.428. The van der Waals surface area contributed by atoms with Gasteiger partial charge < -0.3 is 0 Å². The van der Waals surface area contributed by atoms with Gasteiger partial charge in [0, 0.05) is 5.75 Å². The molecular formula is C17H28O2S2. The molecule has 0 heterocycles. The van der Waals surface area contributed by atoms with E-state index in [0.29, 0.717) is 10.6 Å². The third kappa shape index (κ3) is 7.91. The predicted octanol–water partition coefficient (Wildman–Crippen LogP) is 5.56. The highest BCUT2D eigenvalue weighted by Gasteiger charge is 2.14. The number of rotatable bonds is 11. The summed E-state index contributed by atoms with van der Waals surface area (Å²) in [6.45, 7) is 4.19. The summed E-state index contributed by atoms with van der Waals surface area (Å²) in [5, 5.41) is 0. The highest BCUT2D eigenvalue weighted by molar-refractivity contribution is 8.72. The van der Waals surface area contributed by atoms with Crippen molar-refractivity contribution in [2.75, 3.05) is 5.75 Å². The molecule has 21 heavy (non-hydrogen) atoms. The lowest BCUT2D eigenvalue weighted by atomic mass is 10.1. The van der Waals surface area contributed by atoms with Gasteiger partial charge in [-0.25, -0.2) is 8.42 Å². The summed E-state index contributed by atoms with van der Waals surface area (Å²) in [5.74, 6) is 0.700. The Morgan fingerprint density at radius 3 is 1.95 bits per heavy atom. The van der Waals surface area contributed by atoms with Crippen LogP contribution in [0.3, 0.4) is 0 Å². The van der Waals surface area contributed by atoms with Crippen LogP contribution in [-0.2, 0) is 8.87 Å². The second kappa shape index (κ2) is 10.3. The van der Waals surface area contributed by atoms with E-state index >= 15 is 0 Å². The van der Waals surface area contributed by atoms with Gasteiger partial charge in [-0.2, -0.15) is 0 Å². The number of unbranched alkanes of at least 4 members (excludes halogenated alkanes) is 7. The van der Waals surface area contributed by atoms with E-state index in [2.05, 4.69) is 6.92 Å². The van der Waals surface area contributed by atoms with Gasteiger partial charge in [-0.15, -0.1) is 0 Å². The van der Waals surface area contributed by atoms with Crippen LogP contribution >= 0.6 is 10.8 Å². The molecule has 0 aliphatic heterocycles. The second-order valence-electron chi connectivity index (χ2n) is 5.56. The first kappa shape index (κ1) is 18.6. The monoisotopic (exact) mass is 328 g/mol. The Balaban J connectivity index is 2.15. The maximum absolute atomic E-state index is 12.1. The average Bonchev–Trinajstić information content (AvgIpc) is 2.46. The Hall–Kier alpha value is -0.480. The third-order valence-corrected chi connectivity index (χ3v) is 7.17. The van der Waals surface area contributed by atoms with Crippen LogP contribution in [0, 0.1) is 6.92 Å². The molecule has 1 rings (SSSR count). The minimum absolute atomic E-state index is 0.428. The minimum Gasteiger partial charge on any atom is -0.212 e. The van der Waals surface area contributed by atoms with Crippen LogP contribution in [0.25, 0.3) is 0 Å². The highest BCUT2D eigenvalue weighted by Crippen LogP contribution is 2.24. The number of benzene rings is 1. The lowest BCUT2D eigenvalue weighted by Gasteiger charge is -2.04. The van der Waals surface area contributed by atoms with Crippen LogP contribution in [0.1, 0.15) is 63.9 Å². The van der Waals surface area contributed by atoms with Crippen molar-refractivity contribution in [3.63, 3.8) is 0 Å². The molecule has 0 amide bonds. The van der Waals surface area contributed by atoms with Gasteiger partial charge in [-0.1, -0.05) is 69.6 Å². The van der Waals surface area contributed by atoms with Gasteiger partial charge in [-0.05, 0) is 36.3 Å². The maximum Gasteiger partial charge on any atom is 0.229 e. The molecule has 0 fully saturated rings. The van der Waals surface area contributed by atoms with E-state index in [4.69, 9.17) is 0 Å². The number of aryl methyl sites for hydroxylation is 1. The molecule has 0 saturated heterocycles. The normalized spacial score (nSPS) is 11.7. The van der Waals surface area contributed by atoms with Crippen molar-refractivity contribution in [1.82, 2.24) is 0 Å². The molecular weight excluding hydrogens is 300 g/mol. The van der Waals surface area contributed by atoms with Gasteiger partial charge in [-0.3, -0.25) is 0 Å². The first-order valence-corrected chi connectivity index (χ1v) is 11.0. The van der Waals surface area contributed by atoms with Crippen LogP contribution in [-0.4, -0.2) is 14.2 Å². The van der Waals surface area contributed by atoms with Crippen molar-refractivity contribution < 1.29 is 8.42 Å². The summed E-state index contributed by atoms with van der Waals surface area (Å²) >= 11 is 0. The molecule has 0 atom stereocenters. The molecule has 0 aromatic heterocycles. The van der Waals surface area contributed by atoms with Crippen molar-refractivity contribution in [3.8, 4) is 0 Å². The van der Waals surface area contributed by atoms with E-state index in [-0.39, 0.29) is 0 Å². The molecule has 0 radical (unpaired) electrons. The van der Waals surface area contributed by atoms with Crippen LogP contribution in [0.4, 0.5) is 0 Å². The van der Waals surface area contributed by atoms with Gasteiger partial charge >= 0.3 is 0 Å². The summed E-state index contributed by atoms with van der Waals surface area (Å²) in [7, 11) is -2.08. The van der Waals surface area contributed by atoms with Gasteiger partial charge in [0.25, 0.3) is 0 Å². The largest absolute Gasteiger partial charge is 0.229 e. The molecule has 0 N–H and O–H groups in total.